The lowest BCUT2D eigenvalue weighted by molar-refractivity contribution is 0.107. The quantitative estimate of drug-likeness (QED) is 0.807. The Hall–Kier alpha value is -0.870. The maximum atomic E-state index is 4.54. The molecule has 104 valence electrons. The van der Waals surface area contributed by atoms with E-state index in [2.05, 4.69) is 61.7 Å². The maximum absolute atomic E-state index is 4.54. The van der Waals surface area contributed by atoms with E-state index in [0.717, 1.165) is 25.2 Å². The lowest BCUT2D eigenvalue weighted by atomic mass is 9.87. The number of hydrogen-bond acceptors (Lipinski definition) is 3. The van der Waals surface area contributed by atoms with Crippen LogP contribution in [0.1, 0.15) is 45.5 Å². The van der Waals surface area contributed by atoms with Gasteiger partial charge in [-0.15, -0.1) is 0 Å². The number of aryl methyl sites for hydroxylation is 1. The van der Waals surface area contributed by atoms with Crippen molar-refractivity contribution in [3.8, 4) is 0 Å². The van der Waals surface area contributed by atoms with E-state index >= 15 is 0 Å². The fraction of sp³-hybridized carbons (Fsp3) is 0.786. The van der Waals surface area contributed by atoms with Crippen molar-refractivity contribution in [2.75, 3.05) is 20.6 Å². The molecule has 0 radical (unpaired) electrons. The summed E-state index contributed by atoms with van der Waals surface area (Å²) in [6.45, 7) is 7.75. The van der Waals surface area contributed by atoms with Gasteiger partial charge in [-0.3, -0.25) is 0 Å². The van der Waals surface area contributed by atoms with Gasteiger partial charge in [0.25, 0.3) is 0 Å². The molecule has 0 aromatic carbocycles. The summed E-state index contributed by atoms with van der Waals surface area (Å²) in [5.74, 6) is 1.11. The van der Waals surface area contributed by atoms with Gasteiger partial charge in [-0.05, 0) is 40.4 Å². The molecule has 0 amide bonds. The van der Waals surface area contributed by atoms with Gasteiger partial charge < -0.3 is 14.8 Å². The van der Waals surface area contributed by atoms with Gasteiger partial charge in [0, 0.05) is 25.0 Å². The first-order valence-corrected chi connectivity index (χ1v) is 6.85. The lowest BCUT2D eigenvalue weighted by Crippen LogP contribution is -2.52. The number of likely N-dealkylation sites (N-methyl/N-ethyl adjacent to an activating group) is 1. The monoisotopic (exact) mass is 252 g/mol. The van der Waals surface area contributed by atoms with Crippen LogP contribution in [0.5, 0.6) is 0 Å². The van der Waals surface area contributed by atoms with Gasteiger partial charge in [-0.25, -0.2) is 4.98 Å². The molecule has 2 unspecified atom stereocenters. The van der Waals surface area contributed by atoms with Crippen LogP contribution in [0.4, 0.5) is 0 Å². The summed E-state index contributed by atoms with van der Waals surface area (Å²) in [4.78, 5) is 6.84. The summed E-state index contributed by atoms with van der Waals surface area (Å²) in [7, 11) is 6.36. The molecule has 0 spiro atoms. The second kappa shape index (κ2) is 6.34. The van der Waals surface area contributed by atoms with Crippen molar-refractivity contribution in [3.05, 3.63) is 18.2 Å². The van der Waals surface area contributed by atoms with Gasteiger partial charge >= 0.3 is 0 Å². The Balaban J connectivity index is 3.08. The normalized spacial score (nSPS) is 16.8. The van der Waals surface area contributed by atoms with E-state index in [1.807, 2.05) is 12.4 Å². The first-order valence-electron chi connectivity index (χ1n) is 6.85. The van der Waals surface area contributed by atoms with Crippen LogP contribution in [0.15, 0.2) is 12.4 Å². The maximum Gasteiger partial charge on any atom is 0.127 e. The summed E-state index contributed by atoms with van der Waals surface area (Å²) >= 11 is 0. The summed E-state index contributed by atoms with van der Waals surface area (Å²) in [6, 6.07) is 0.248. The molecule has 0 aliphatic carbocycles. The van der Waals surface area contributed by atoms with Gasteiger partial charge in [0.1, 0.15) is 5.82 Å². The minimum atomic E-state index is 0.0638. The van der Waals surface area contributed by atoms with Crippen LogP contribution in [0, 0.1) is 0 Å². The Morgan fingerprint density at radius 3 is 2.50 bits per heavy atom. The zero-order valence-corrected chi connectivity index (χ0v) is 12.7. The van der Waals surface area contributed by atoms with Crippen LogP contribution in [0.2, 0.25) is 0 Å². The third-order valence-electron chi connectivity index (χ3n) is 4.07. The predicted octanol–water partition coefficient (Wildman–Crippen LogP) is 2.19. The lowest BCUT2D eigenvalue weighted by Gasteiger charge is -2.42. The van der Waals surface area contributed by atoms with Crippen molar-refractivity contribution in [2.45, 2.75) is 45.2 Å². The average molecular weight is 252 g/mol. The zero-order chi connectivity index (χ0) is 13.8. The highest BCUT2D eigenvalue weighted by Gasteiger charge is 2.37. The SMILES string of the molecule is CCCNC(c1nccn1C)C(C)(CC)N(C)C. The molecule has 1 aromatic heterocycles. The van der Waals surface area contributed by atoms with Crippen LogP contribution < -0.4 is 5.32 Å². The van der Waals surface area contributed by atoms with Crippen molar-refractivity contribution in [2.24, 2.45) is 7.05 Å². The average Bonchev–Trinajstić information content (AvgIpc) is 2.75. The third-order valence-corrected chi connectivity index (χ3v) is 4.07. The van der Waals surface area contributed by atoms with E-state index < -0.39 is 0 Å². The van der Waals surface area contributed by atoms with E-state index in [1.54, 1.807) is 0 Å². The summed E-state index contributed by atoms with van der Waals surface area (Å²) in [5.41, 5.74) is 0.0638. The summed E-state index contributed by atoms with van der Waals surface area (Å²) in [6.07, 6.45) is 6.10. The third kappa shape index (κ3) is 2.93. The fourth-order valence-electron chi connectivity index (χ4n) is 2.31. The number of nitrogens with zero attached hydrogens (tertiary/aromatic N) is 3. The highest BCUT2D eigenvalue weighted by Crippen LogP contribution is 2.31. The van der Waals surface area contributed by atoms with Gasteiger partial charge in [-0.2, -0.15) is 0 Å². The van der Waals surface area contributed by atoms with Crippen molar-refractivity contribution < 1.29 is 0 Å². The minimum absolute atomic E-state index is 0.0638. The standard InChI is InChI=1S/C14H28N4/c1-7-9-15-12(13-16-10-11-18(13)6)14(3,8-2)17(4)5/h10-12,15H,7-9H2,1-6H3. The molecule has 0 aliphatic rings. The van der Waals surface area contributed by atoms with Crippen molar-refractivity contribution in [1.29, 1.82) is 0 Å². The number of rotatable bonds is 7. The van der Waals surface area contributed by atoms with Gasteiger partial charge in [0.05, 0.1) is 6.04 Å². The molecular formula is C14H28N4. The second-order valence-electron chi connectivity index (χ2n) is 5.39. The molecule has 1 aromatic rings. The first-order chi connectivity index (χ1) is 8.47. The number of nitrogens with one attached hydrogen (secondary N) is 1. The van der Waals surface area contributed by atoms with Crippen molar-refractivity contribution >= 4 is 0 Å². The van der Waals surface area contributed by atoms with Gasteiger partial charge in [-0.1, -0.05) is 13.8 Å². The molecule has 1 N–H and O–H groups in total. The van der Waals surface area contributed by atoms with E-state index in [1.165, 1.54) is 0 Å². The van der Waals surface area contributed by atoms with E-state index in [0.29, 0.717) is 0 Å². The van der Waals surface area contributed by atoms with Crippen LogP contribution in [-0.4, -0.2) is 40.6 Å². The van der Waals surface area contributed by atoms with E-state index in [4.69, 9.17) is 0 Å². The predicted molar refractivity (Wildman–Crippen MR) is 76.6 cm³/mol. The highest BCUT2D eigenvalue weighted by atomic mass is 15.2. The van der Waals surface area contributed by atoms with E-state index in [9.17, 15) is 0 Å². The molecule has 4 heteroatoms. The number of imidazole rings is 1. The number of aromatic nitrogens is 2. The Morgan fingerprint density at radius 1 is 1.44 bits per heavy atom. The molecule has 0 bridgehead atoms. The Labute approximate surface area is 111 Å². The Morgan fingerprint density at radius 2 is 2.11 bits per heavy atom. The molecule has 18 heavy (non-hydrogen) atoms. The minimum Gasteiger partial charge on any atom is -0.337 e. The molecule has 4 nitrogen and oxygen atoms in total. The largest absolute Gasteiger partial charge is 0.337 e. The van der Waals surface area contributed by atoms with Gasteiger partial charge in [0.15, 0.2) is 0 Å². The topological polar surface area (TPSA) is 33.1 Å². The van der Waals surface area contributed by atoms with Crippen LogP contribution in [0.25, 0.3) is 0 Å². The number of hydrogen-bond donors (Lipinski definition) is 1. The molecule has 1 heterocycles. The molecule has 2 atom stereocenters. The Bertz CT molecular complexity index is 358. The van der Waals surface area contributed by atoms with Crippen LogP contribution in [-0.2, 0) is 7.05 Å². The van der Waals surface area contributed by atoms with Crippen LogP contribution in [0.3, 0.4) is 0 Å². The van der Waals surface area contributed by atoms with Crippen LogP contribution >= 0.6 is 0 Å². The second-order valence-corrected chi connectivity index (χ2v) is 5.39. The molecule has 0 saturated heterocycles. The molecule has 0 saturated carbocycles. The smallest absolute Gasteiger partial charge is 0.127 e. The molecule has 0 aliphatic heterocycles. The summed E-state index contributed by atoms with van der Waals surface area (Å²) < 4.78 is 2.12. The molecular weight excluding hydrogens is 224 g/mol. The molecule has 1 rings (SSSR count). The van der Waals surface area contributed by atoms with E-state index in [-0.39, 0.29) is 11.6 Å². The van der Waals surface area contributed by atoms with Gasteiger partial charge in [0.2, 0.25) is 0 Å². The fourth-order valence-corrected chi connectivity index (χ4v) is 2.31. The Kier molecular flexibility index (Phi) is 5.35. The zero-order valence-electron chi connectivity index (χ0n) is 12.7. The van der Waals surface area contributed by atoms with Crippen molar-refractivity contribution in [3.63, 3.8) is 0 Å². The highest BCUT2D eigenvalue weighted by molar-refractivity contribution is 5.08. The molecule has 0 fully saturated rings. The van der Waals surface area contributed by atoms with Crippen molar-refractivity contribution in [1.82, 2.24) is 19.8 Å². The first kappa shape index (κ1) is 15.2. The summed E-state index contributed by atoms with van der Waals surface area (Å²) in [5, 5.41) is 3.66.